The highest BCUT2D eigenvalue weighted by atomic mass is 16.5. The Hall–Kier alpha value is -1.80. The molecule has 0 spiro atoms. The van der Waals surface area contributed by atoms with Gasteiger partial charge in [-0.15, -0.1) is 0 Å². The van der Waals surface area contributed by atoms with Gasteiger partial charge in [-0.05, 0) is 32.8 Å². The Balaban J connectivity index is 2.97. The van der Waals surface area contributed by atoms with Crippen LogP contribution in [0.15, 0.2) is 10.9 Å². The fourth-order valence-electron chi connectivity index (χ4n) is 1.78. The van der Waals surface area contributed by atoms with E-state index < -0.39 is 0 Å². The number of ether oxygens (including phenoxy) is 1. The molecule has 1 unspecified atom stereocenters. The van der Waals surface area contributed by atoms with E-state index >= 15 is 0 Å². The number of pyridine rings is 1. The van der Waals surface area contributed by atoms with E-state index in [1.807, 2.05) is 19.9 Å². The summed E-state index contributed by atoms with van der Waals surface area (Å²) in [7, 11) is 0. The highest BCUT2D eigenvalue weighted by Crippen LogP contribution is 2.18. The Morgan fingerprint density at radius 1 is 1.61 bits per heavy atom. The van der Waals surface area contributed by atoms with Crippen LogP contribution in [0.5, 0.6) is 5.88 Å². The average Bonchev–Trinajstić information content (AvgIpc) is 2.29. The molecule has 0 aliphatic rings. The van der Waals surface area contributed by atoms with Crippen LogP contribution in [-0.2, 0) is 11.3 Å². The van der Waals surface area contributed by atoms with Crippen LogP contribution >= 0.6 is 0 Å². The zero-order valence-corrected chi connectivity index (χ0v) is 10.9. The molecule has 1 atom stereocenters. The van der Waals surface area contributed by atoms with Gasteiger partial charge < -0.3 is 9.84 Å². The van der Waals surface area contributed by atoms with Gasteiger partial charge in [-0.25, -0.2) is 0 Å². The van der Waals surface area contributed by atoms with Crippen molar-refractivity contribution in [1.82, 2.24) is 4.57 Å². The number of rotatable bonds is 5. The Kier molecular flexibility index (Phi) is 4.93. The molecule has 1 heterocycles. The number of hydrogen-bond donors (Lipinski definition) is 1. The first-order valence-corrected chi connectivity index (χ1v) is 5.96. The Morgan fingerprint density at radius 2 is 2.28 bits per heavy atom. The summed E-state index contributed by atoms with van der Waals surface area (Å²) in [4.78, 5) is 11.8. The van der Waals surface area contributed by atoms with E-state index in [4.69, 9.17) is 10.00 Å². The van der Waals surface area contributed by atoms with Crippen molar-refractivity contribution in [2.24, 2.45) is 0 Å². The van der Waals surface area contributed by atoms with Gasteiger partial charge in [-0.2, -0.15) is 5.26 Å². The molecule has 18 heavy (non-hydrogen) atoms. The van der Waals surface area contributed by atoms with Gasteiger partial charge in [0.05, 0.1) is 6.10 Å². The van der Waals surface area contributed by atoms with Crippen LogP contribution in [0.2, 0.25) is 0 Å². The maximum absolute atomic E-state index is 11.8. The normalized spacial score (nSPS) is 12.1. The summed E-state index contributed by atoms with van der Waals surface area (Å²) in [6, 6.07) is 3.27. The molecule has 0 aliphatic carbocycles. The van der Waals surface area contributed by atoms with Crippen LogP contribution in [0.3, 0.4) is 0 Å². The van der Waals surface area contributed by atoms with Gasteiger partial charge in [-0.1, -0.05) is 0 Å². The van der Waals surface area contributed by atoms with Gasteiger partial charge in [0.15, 0.2) is 0 Å². The summed E-state index contributed by atoms with van der Waals surface area (Å²) in [6.45, 7) is 6.39. The fraction of sp³-hybridized carbons (Fsp3) is 0.538. The second kappa shape index (κ2) is 6.22. The standard InChI is InChI=1S/C13H18N2O3/c1-4-18-10(3)5-6-15-12(16)7-9(2)11(8-14)13(15)17/h7,10,17H,4-6H2,1-3H3. The van der Waals surface area contributed by atoms with Crippen LogP contribution < -0.4 is 5.56 Å². The van der Waals surface area contributed by atoms with Crippen molar-refractivity contribution in [3.63, 3.8) is 0 Å². The highest BCUT2D eigenvalue weighted by molar-refractivity contribution is 5.43. The van der Waals surface area contributed by atoms with Crippen LogP contribution in [0, 0.1) is 18.3 Å². The van der Waals surface area contributed by atoms with E-state index in [2.05, 4.69) is 0 Å². The van der Waals surface area contributed by atoms with Gasteiger partial charge >= 0.3 is 0 Å². The van der Waals surface area contributed by atoms with Gasteiger partial charge in [0, 0.05) is 19.2 Å². The topological polar surface area (TPSA) is 75.2 Å². The molecule has 1 aromatic heterocycles. The highest BCUT2D eigenvalue weighted by Gasteiger charge is 2.13. The average molecular weight is 250 g/mol. The molecule has 5 heteroatoms. The summed E-state index contributed by atoms with van der Waals surface area (Å²) in [5.74, 6) is -0.258. The van der Waals surface area contributed by atoms with Crippen molar-refractivity contribution < 1.29 is 9.84 Å². The molecule has 0 aliphatic heterocycles. The van der Waals surface area contributed by atoms with Crippen molar-refractivity contribution >= 4 is 0 Å². The molecule has 0 fully saturated rings. The molecular formula is C13H18N2O3. The van der Waals surface area contributed by atoms with Crippen molar-refractivity contribution in [1.29, 1.82) is 5.26 Å². The smallest absolute Gasteiger partial charge is 0.253 e. The predicted molar refractivity (Wildman–Crippen MR) is 67.5 cm³/mol. The van der Waals surface area contributed by atoms with E-state index in [1.54, 1.807) is 6.92 Å². The number of aromatic hydroxyl groups is 1. The van der Waals surface area contributed by atoms with Crippen LogP contribution in [0.25, 0.3) is 0 Å². The summed E-state index contributed by atoms with van der Waals surface area (Å²) < 4.78 is 6.57. The second-order valence-corrected chi connectivity index (χ2v) is 4.18. The van der Waals surface area contributed by atoms with E-state index in [9.17, 15) is 9.90 Å². The minimum Gasteiger partial charge on any atom is -0.493 e. The lowest BCUT2D eigenvalue weighted by Crippen LogP contribution is -2.23. The Bertz CT molecular complexity index is 514. The van der Waals surface area contributed by atoms with Crippen LogP contribution in [0.1, 0.15) is 31.4 Å². The number of aromatic nitrogens is 1. The third-order valence-corrected chi connectivity index (χ3v) is 2.80. The van der Waals surface area contributed by atoms with Gasteiger partial charge in [0.25, 0.3) is 5.56 Å². The third-order valence-electron chi connectivity index (χ3n) is 2.80. The summed E-state index contributed by atoms with van der Waals surface area (Å²) in [5, 5.41) is 18.8. The number of hydrogen-bond acceptors (Lipinski definition) is 4. The lowest BCUT2D eigenvalue weighted by atomic mass is 10.1. The largest absolute Gasteiger partial charge is 0.493 e. The minimum atomic E-state index is -0.298. The maximum Gasteiger partial charge on any atom is 0.253 e. The summed E-state index contributed by atoms with van der Waals surface area (Å²) in [5.41, 5.74) is 0.348. The van der Waals surface area contributed by atoms with E-state index in [0.29, 0.717) is 25.1 Å². The van der Waals surface area contributed by atoms with Crippen LogP contribution in [-0.4, -0.2) is 22.4 Å². The maximum atomic E-state index is 11.8. The summed E-state index contributed by atoms with van der Waals surface area (Å²) in [6.07, 6.45) is 0.614. The molecule has 1 N–H and O–H groups in total. The predicted octanol–water partition coefficient (Wildman–Crippen LogP) is 1.55. The SMILES string of the molecule is CCOC(C)CCn1c(O)c(C#N)c(C)cc1=O. The second-order valence-electron chi connectivity index (χ2n) is 4.18. The van der Waals surface area contributed by atoms with Crippen LogP contribution in [0.4, 0.5) is 0 Å². The summed E-state index contributed by atoms with van der Waals surface area (Å²) >= 11 is 0. The quantitative estimate of drug-likeness (QED) is 0.860. The molecule has 0 amide bonds. The van der Waals surface area contributed by atoms with E-state index in [0.717, 1.165) is 0 Å². The lowest BCUT2D eigenvalue weighted by Gasteiger charge is -2.14. The molecule has 0 saturated heterocycles. The number of aryl methyl sites for hydroxylation is 1. The first-order chi connectivity index (χ1) is 8.51. The first kappa shape index (κ1) is 14.3. The van der Waals surface area contributed by atoms with Gasteiger partial charge in [0.1, 0.15) is 11.6 Å². The van der Waals surface area contributed by atoms with Gasteiger partial charge in [0.2, 0.25) is 5.88 Å². The zero-order chi connectivity index (χ0) is 13.7. The molecule has 1 rings (SSSR count). The van der Waals surface area contributed by atoms with Crippen molar-refractivity contribution in [2.75, 3.05) is 6.61 Å². The molecule has 0 bridgehead atoms. The van der Waals surface area contributed by atoms with Crippen molar-refractivity contribution in [3.8, 4) is 11.9 Å². The first-order valence-electron chi connectivity index (χ1n) is 5.96. The Morgan fingerprint density at radius 3 is 2.83 bits per heavy atom. The number of nitrogens with zero attached hydrogens (tertiary/aromatic N) is 2. The molecule has 1 aromatic rings. The van der Waals surface area contributed by atoms with E-state index in [-0.39, 0.29) is 23.1 Å². The monoisotopic (exact) mass is 250 g/mol. The molecule has 0 saturated carbocycles. The van der Waals surface area contributed by atoms with E-state index in [1.165, 1.54) is 10.6 Å². The molecular weight excluding hydrogens is 232 g/mol. The molecule has 0 aromatic carbocycles. The zero-order valence-electron chi connectivity index (χ0n) is 10.9. The molecule has 98 valence electrons. The third kappa shape index (κ3) is 3.11. The van der Waals surface area contributed by atoms with Crippen molar-refractivity contribution in [2.45, 2.75) is 39.8 Å². The molecule has 5 nitrogen and oxygen atoms in total. The minimum absolute atomic E-state index is 0.00754. The Labute approximate surface area is 106 Å². The fourth-order valence-corrected chi connectivity index (χ4v) is 1.78. The van der Waals surface area contributed by atoms with Crippen molar-refractivity contribution in [3.05, 3.63) is 27.5 Å². The molecule has 0 radical (unpaired) electrons. The number of nitriles is 1. The van der Waals surface area contributed by atoms with Gasteiger partial charge in [-0.3, -0.25) is 9.36 Å². The lowest BCUT2D eigenvalue weighted by molar-refractivity contribution is 0.0665.